The molecule has 2 fully saturated rings. The summed E-state index contributed by atoms with van der Waals surface area (Å²) in [6, 6.07) is 32.5. The maximum atomic E-state index is 14.2. The van der Waals surface area contributed by atoms with Crippen molar-refractivity contribution in [3.8, 4) is 11.1 Å². The Morgan fingerprint density at radius 2 is 0.972 bits per heavy atom. The van der Waals surface area contributed by atoms with E-state index in [2.05, 4.69) is 15.9 Å². The van der Waals surface area contributed by atoms with Crippen LogP contribution in [0, 0.1) is 34.9 Å². The zero-order chi connectivity index (χ0) is 52.2. The Kier molecular flexibility index (Phi) is 19.1. The van der Waals surface area contributed by atoms with Gasteiger partial charge in [0.05, 0.1) is 12.1 Å². The largest absolute Gasteiger partial charge is 0.491 e. The van der Waals surface area contributed by atoms with Gasteiger partial charge < -0.3 is 39.5 Å². The second-order valence-corrected chi connectivity index (χ2v) is 18.2. The quantitative estimate of drug-likeness (QED) is 0.0625. The number of carbonyl (C=O) groups is 2. The third-order valence-corrected chi connectivity index (χ3v) is 13.4. The van der Waals surface area contributed by atoms with Gasteiger partial charge in [0.2, 0.25) is 0 Å². The van der Waals surface area contributed by atoms with Crippen molar-refractivity contribution in [2.45, 2.75) is 75.7 Å². The van der Waals surface area contributed by atoms with E-state index in [0.717, 1.165) is 40.2 Å². The van der Waals surface area contributed by atoms with Gasteiger partial charge in [-0.25, -0.2) is 35.9 Å². The fourth-order valence-electron chi connectivity index (χ4n) is 9.10. The summed E-state index contributed by atoms with van der Waals surface area (Å²) in [5.74, 6) is -3.71. The average molecular weight is 1060 g/mol. The minimum atomic E-state index is -1.89. The molecule has 0 radical (unpaired) electrons. The van der Waals surface area contributed by atoms with Crippen LogP contribution in [-0.2, 0) is 20.7 Å². The van der Waals surface area contributed by atoms with Crippen LogP contribution in [0.5, 0.6) is 0 Å². The Morgan fingerprint density at radius 1 is 0.569 bits per heavy atom. The number of nitrogens with zero attached hydrogens (tertiary/aromatic N) is 2. The molecule has 18 heteroatoms. The maximum Gasteiger partial charge on any atom is 0.491 e. The van der Waals surface area contributed by atoms with Crippen LogP contribution >= 0.6 is 15.9 Å². The van der Waals surface area contributed by atoms with Crippen LogP contribution in [0.25, 0.3) is 11.1 Å². The molecule has 0 aromatic heterocycles. The summed E-state index contributed by atoms with van der Waals surface area (Å²) in [6.45, 7) is 4.60. The van der Waals surface area contributed by atoms with E-state index < -0.39 is 53.8 Å². The first-order chi connectivity index (χ1) is 34.5. The van der Waals surface area contributed by atoms with Crippen molar-refractivity contribution in [1.29, 1.82) is 0 Å². The molecule has 2 amide bonds. The van der Waals surface area contributed by atoms with Gasteiger partial charge in [-0.05, 0) is 95.3 Å². The van der Waals surface area contributed by atoms with Crippen LogP contribution < -0.4 is 5.46 Å². The number of amides is 2. The molecular formula is C54H54BBrF6N2O8. The molecule has 8 rings (SSSR count). The number of cyclic esters (lactones) is 2. The molecule has 380 valence electrons. The molecule has 4 N–H and O–H groups in total. The third-order valence-electron chi connectivity index (χ3n) is 12.9. The molecule has 0 bridgehead atoms. The first-order valence-electron chi connectivity index (χ1n) is 23.3. The molecule has 4 atom stereocenters. The second-order valence-electron chi connectivity index (χ2n) is 17.3. The second kappa shape index (κ2) is 25.0. The molecule has 2 heterocycles. The molecule has 2 aliphatic heterocycles. The summed E-state index contributed by atoms with van der Waals surface area (Å²) in [4.78, 5) is 29.4. The van der Waals surface area contributed by atoms with E-state index in [1.165, 1.54) is 36.4 Å². The summed E-state index contributed by atoms with van der Waals surface area (Å²) >= 11 is 3.43. The lowest BCUT2D eigenvalue weighted by Gasteiger charge is -2.44. The van der Waals surface area contributed by atoms with E-state index in [-0.39, 0.29) is 55.2 Å². The smallest absolute Gasteiger partial charge is 0.438 e. The molecule has 0 spiro atoms. The van der Waals surface area contributed by atoms with Crippen LogP contribution in [0.15, 0.2) is 138 Å². The van der Waals surface area contributed by atoms with Gasteiger partial charge in [-0.1, -0.05) is 96.5 Å². The lowest BCUT2D eigenvalue weighted by atomic mass is 9.80. The number of benzene rings is 6. The van der Waals surface area contributed by atoms with E-state index in [0.29, 0.717) is 60.7 Å². The van der Waals surface area contributed by atoms with E-state index in [9.17, 15) is 46.1 Å². The minimum Gasteiger partial charge on any atom is -0.438 e. The lowest BCUT2D eigenvalue weighted by molar-refractivity contribution is -0.0741. The fourth-order valence-corrected chi connectivity index (χ4v) is 9.36. The standard InChI is InChI=1S/C27H26F3NO3.C21H23BrFNO3.C6H5BF2O2/c1-2-25(19-5-3-18(4-6-19)23-12-11-22(29)17-24(23)30)31-15-13-27(14-16-32,34-26(31)33)20-7-9-21(28)10-8-20;1-2-19(15-3-7-17(22)8-4-15)24-13-11-21(12-14-25,27-20(24)26)16-5-9-18(23)10-6-16;8-4-1-2-5(7(10)11)6(9)3-4/h3-12,17,25,32H,2,13-16H2,1H3;3-10,19,25H,2,11-14H2,1H3;1-3,10-11H/t25-,27-;19-,21-;/m00./s1. The van der Waals surface area contributed by atoms with E-state index in [1.54, 1.807) is 46.2 Å². The molecule has 0 unspecified atom stereocenters. The zero-order valence-corrected chi connectivity index (χ0v) is 41.1. The number of hydrogen-bond donors (Lipinski definition) is 4. The normalized spacial score (nSPS) is 18.4. The summed E-state index contributed by atoms with van der Waals surface area (Å²) in [5.41, 5.74) is 1.91. The molecule has 0 saturated carbocycles. The van der Waals surface area contributed by atoms with Gasteiger partial charge in [0.15, 0.2) is 0 Å². The van der Waals surface area contributed by atoms with Crippen molar-refractivity contribution in [1.82, 2.24) is 9.80 Å². The predicted octanol–water partition coefficient (Wildman–Crippen LogP) is 11.1. The van der Waals surface area contributed by atoms with E-state index in [1.807, 2.05) is 50.2 Å². The highest BCUT2D eigenvalue weighted by molar-refractivity contribution is 9.10. The number of aliphatic hydroxyl groups excluding tert-OH is 2. The number of carbonyl (C=O) groups excluding carboxylic acids is 2. The van der Waals surface area contributed by atoms with Gasteiger partial charge in [-0.3, -0.25) is 0 Å². The predicted molar refractivity (Wildman–Crippen MR) is 263 cm³/mol. The molecule has 6 aromatic carbocycles. The van der Waals surface area contributed by atoms with E-state index in [4.69, 9.17) is 19.5 Å². The van der Waals surface area contributed by atoms with Gasteiger partial charge in [0, 0.05) is 79.6 Å². The Bertz CT molecular complexity index is 2740. The number of ether oxygens (including phenoxy) is 2. The first kappa shape index (κ1) is 55.1. The lowest BCUT2D eigenvalue weighted by Crippen LogP contribution is -2.49. The van der Waals surface area contributed by atoms with Crippen molar-refractivity contribution in [2.24, 2.45) is 0 Å². The van der Waals surface area contributed by atoms with Crippen LogP contribution in [-0.4, -0.2) is 75.7 Å². The van der Waals surface area contributed by atoms with E-state index >= 15 is 0 Å². The number of hydrogen-bond acceptors (Lipinski definition) is 8. The first-order valence-corrected chi connectivity index (χ1v) is 24.1. The van der Waals surface area contributed by atoms with Gasteiger partial charge >= 0.3 is 19.3 Å². The molecular weight excluding hydrogens is 1010 g/mol. The Balaban J connectivity index is 0.000000198. The summed E-state index contributed by atoms with van der Waals surface area (Å²) in [7, 11) is -1.89. The highest BCUT2D eigenvalue weighted by atomic mass is 79.9. The number of aliphatic hydroxyl groups is 2. The summed E-state index contributed by atoms with van der Waals surface area (Å²) in [6.07, 6.45) is 1.96. The van der Waals surface area contributed by atoms with Crippen LogP contribution in [0.1, 0.15) is 86.7 Å². The Morgan fingerprint density at radius 3 is 1.35 bits per heavy atom. The van der Waals surface area contributed by atoms with Gasteiger partial charge in [-0.2, -0.15) is 0 Å². The number of rotatable bonds is 14. The van der Waals surface area contributed by atoms with Crippen LogP contribution in [0.4, 0.5) is 35.9 Å². The average Bonchev–Trinajstić information content (AvgIpc) is 3.35. The van der Waals surface area contributed by atoms with Crippen LogP contribution in [0.2, 0.25) is 0 Å². The molecule has 72 heavy (non-hydrogen) atoms. The van der Waals surface area contributed by atoms with Gasteiger partial charge in [0.25, 0.3) is 0 Å². The highest BCUT2D eigenvalue weighted by Crippen LogP contribution is 2.42. The zero-order valence-electron chi connectivity index (χ0n) is 39.5. The Hall–Kier alpha value is -6.18. The number of halogens is 7. The van der Waals surface area contributed by atoms with Gasteiger partial charge in [-0.15, -0.1) is 0 Å². The third kappa shape index (κ3) is 13.3. The molecule has 2 saturated heterocycles. The Labute approximate surface area is 422 Å². The molecule has 6 aromatic rings. The van der Waals surface area contributed by atoms with Crippen molar-refractivity contribution in [3.05, 3.63) is 195 Å². The SMILES string of the molecule is CC[C@@H](c1ccc(-c2ccc(F)cc2F)cc1)N1CC[C@](CCO)(c2ccc(F)cc2)OC1=O.CC[C@@H](c1ccc(Br)cc1)N1CC[C@](CCO)(c2ccc(F)cc2)OC1=O.OB(O)c1ccc(F)cc1F. The minimum absolute atomic E-state index is 0.0778. The topological polar surface area (TPSA) is 140 Å². The van der Waals surface area contributed by atoms with Gasteiger partial charge in [0.1, 0.15) is 46.1 Å². The summed E-state index contributed by atoms with van der Waals surface area (Å²) in [5, 5.41) is 36.1. The van der Waals surface area contributed by atoms with Crippen molar-refractivity contribution in [3.63, 3.8) is 0 Å². The monoisotopic (exact) mass is 1060 g/mol. The van der Waals surface area contributed by atoms with Crippen molar-refractivity contribution < 1.29 is 65.7 Å². The van der Waals surface area contributed by atoms with Crippen molar-refractivity contribution in [2.75, 3.05) is 26.3 Å². The maximum absolute atomic E-state index is 14.2. The molecule has 0 aliphatic carbocycles. The van der Waals surface area contributed by atoms with Crippen LogP contribution in [0.3, 0.4) is 0 Å². The van der Waals surface area contributed by atoms with Crippen molar-refractivity contribution >= 4 is 40.7 Å². The highest BCUT2D eigenvalue weighted by Gasteiger charge is 2.45. The molecule has 10 nitrogen and oxygen atoms in total. The summed E-state index contributed by atoms with van der Waals surface area (Å²) < 4.78 is 91.6. The fraction of sp³-hybridized carbons (Fsp3) is 0.296. The molecule has 2 aliphatic rings.